The molecule has 0 bridgehead atoms. The second-order valence-electron chi connectivity index (χ2n) is 11.1. The fourth-order valence-electron chi connectivity index (χ4n) is 5.98. The van der Waals surface area contributed by atoms with E-state index in [4.69, 9.17) is 32.0 Å². The fraction of sp³-hybridized carbons (Fsp3) is 0. The van der Waals surface area contributed by atoms with Gasteiger partial charge in [0.2, 0.25) is 0 Å². The van der Waals surface area contributed by atoms with E-state index >= 15 is 0 Å². The summed E-state index contributed by atoms with van der Waals surface area (Å²) in [6, 6.07) is 39.2. The Labute approximate surface area is 277 Å². The Balaban J connectivity index is 1.31. The van der Waals surface area contributed by atoms with E-state index in [1.54, 1.807) is 4.80 Å². The number of hydrogen-bond acceptors (Lipinski definition) is 5. The second kappa shape index (κ2) is 11.1. The van der Waals surface area contributed by atoms with Crippen molar-refractivity contribution in [1.82, 2.24) is 29.9 Å². The van der Waals surface area contributed by atoms with E-state index in [1.807, 2.05) is 115 Å². The van der Waals surface area contributed by atoms with Gasteiger partial charge in [-0.15, -0.1) is 10.2 Å². The minimum absolute atomic E-state index is 0.0222. The highest BCUT2D eigenvalue weighted by atomic mass is 15.5. The third kappa shape index (κ3) is 4.80. The lowest BCUT2D eigenvalue weighted by atomic mass is 9.98. The first-order valence-corrected chi connectivity index (χ1v) is 15.1. The van der Waals surface area contributed by atoms with Gasteiger partial charge in [0, 0.05) is 22.1 Å². The summed E-state index contributed by atoms with van der Waals surface area (Å²) in [6.07, 6.45) is 0. The van der Waals surface area contributed by atoms with Crippen LogP contribution in [0, 0.1) is 0 Å². The summed E-state index contributed by atoms with van der Waals surface area (Å²) in [5.41, 5.74) is 5.43. The van der Waals surface area contributed by atoms with Crippen LogP contribution in [-0.4, -0.2) is 29.9 Å². The number of hydrogen-bond donors (Lipinski definition) is 0. The van der Waals surface area contributed by atoms with Crippen LogP contribution < -0.4 is 0 Å². The summed E-state index contributed by atoms with van der Waals surface area (Å²) < 4.78 is 42.4. The van der Waals surface area contributed by atoms with E-state index in [-0.39, 0.29) is 29.3 Å². The molecule has 220 valence electrons. The monoisotopic (exact) mass is 607 g/mol. The van der Waals surface area contributed by atoms with E-state index in [2.05, 4.69) is 12.1 Å². The Bertz CT molecular complexity index is 2830. The zero-order valence-corrected chi connectivity index (χ0v) is 24.8. The maximum absolute atomic E-state index is 8.75. The van der Waals surface area contributed by atoms with Crippen LogP contribution in [0.15, 0.2) is 158 Å². The molecule has 7 aromatic carbocycles. The number of nitrogens with zero attached hydrogens (tertiary/aromatic N) is 6. The van der Waals surface area contributed by atoms with Crippen LogP contribution in [0.1, 0.15) is 6.85 Å². The molecule has 9 aromatic rings. The average molecular weight is 608 g/mol. The highest BCUT2D eigenvalue weighted by Gasteiger charge is 2.17. The summed E-state index contributed by atoms with van der Waals surface area (Å²) in [7, 11) is 0. The van der Waals surface area contributed by atoms with Crippen molar-refractivity contribution in [2.24, 2.45) is 0 Å². The second-order valence-corrected chi connectivity index (χ2v) is 11.1. The number of rotatable bonds is 5. The zero-order chi connectivity index (χ0) is 35.5. The summed E-state index contributed by atoms with van der Waals surface area (Å²) in [4.78, 5) is 16.2. The average Bonchev–Trinajstić information content (AvgIpc) is 3.64. The Morgan fingerprint density at radius 1 is 0.489 bits per heavy atom. The molecule has 0 spiro atoms. The first kappa shape index (κ1) is 22.1. The van der Waals surface area contributed by atoms with Crippen molar-refractivity contribution in [2.45, 2.75) is 0 Å². The van der Waals surface area contributed by atoms with Crippen molar-refractivity contribution < 1.29 is 6.85 Å². The number of para-hydroxylation sites is 1. The van der Waals surface area contributed by atoms with Crippen molar-refractivity contribution in [3.63, 3.8) is 0 Å². The fourth-order valence-corrected chi connectivity index (χ4v) is 5.98. The van der Waals surface area contributed by atoms with Crippen LogP contribution >= 0.6 is 0 Å². The van der Waals surface area contributed by atoms with Gasteiger partial charge in [-0.05, 0) is 51.6 Å². The van der Waals surface area contributed by atoms with Gasteiger partial charge in [0.15, 0.2) is 17.5 Å². The number of fused-ring (bicyclic) bond motifs is 5. The van der Waals surface area contributed by atoms with Gasteiger partial charge in [0.25, 0.3) is 0 Å². The quantitative estimate of drug-likeness (QED) is 0.182. The minimum atomic E-state index is -0.486. The van der Waals surface area contributed by atoms with Gasteiger partial charge in [-0.25, -0.2) is 15.0 Å². The van der Waals surface area contributed by atoms with Crippen LogP contribution in [0.25, 0.3) is 83.6 Å². The molecule has 47 heavy (non-hydrogen) atoms. The third-order valence-electron chi connectivity index (χ3n) is 8.21. The molecule has 0 amide bonds. The Morgan fingerprint density at radius 2 is 1.13 bits per heavy atom. The zero-order valence-electron chi connectivity index (χ0n) is 29.8. The lowest BCUT2D eigenvalue weighted by molar-refractivity contribution is 0.766. The molecule has 0 fully saturated rings. The SMILES string of the molecule is [2H]c1c([2H])c([2H])c(-c2nc(-c3ccc4ccc5ccc6nn(-c7ccccc7)nc6c5c4c3)nc(-c3ccccc3-c3ccccc3)n2)c([2H])c1[2H]. The van der Waals surface area contributed by atoms with E-state index in [1.165, 1.54) is 0 Å². The molecule has 6 nitrogen and oxygen atoms in total. The molecular weight excluding hydrogens is 576 g/mol. The van der Waals surface area contributed by atoms with Gasteiger partial charge in [-0.2, -0.15) is 4.80 Å². The molecule has 0 aliphatic carbocycles. The molecule has 9 rings (SSSR count). The predicted molar refractivity (Wildman–Crippen MR) is 189 cm³/mol. The van der Waals surface area contributed by atoms with Gasteiger partial charge in [0.1, 0.15) is 11.0 Å². The highest BCUT2D eigenvalue weighted by molar-refractivity contribution is 6.18. The molecule has 0 saturated carbocycles. The summed E-state index contributed by atoms with van der Waals surface area (Å²) in [5, 5.41) is 13.5. The smallest absolute Gasteiger partial charge is 0.164 e. The molecule has 6 heteroatoms. The van der Waals surface area contributed by atoms with Crippen molar-refractivity contribution in [3.8, 4) is 51.0 Å². The van der Waals surface area contributed by atoms with Gasteiger partial charge < -0.3 is 0 Å². The highest BCUT2D eigenvalue weighted by Crippen LogP contribution is 2.35. The molecule has 2 heterocycles. The minimum Gasteiger partial charge on any atom is -0.208 e. The van der Waals surface area contributed by atoms with Crippen LogP contribution in [-0.2, 0) is 0 Å². The van der Waals surface area contributed by atoms with Gasteiger partial charge in [-0.3, -0.25) is 0 Å². The van der Waals surface area contributed by atoms with Gasteiger partial charge >= 0.3 is 0 Å². The number of benzene rings is 7. The lowest BCUT2D eigenvalue weighted by Gasteiger charge is -2.12. The van der Waals surface area contributed by atoms with E-state index in [9.17, 15) is 0 Å². The summed E-state index contributed by atoms with van der Waals surface area (Å²) in [5.74, 6) is 0.567. The van der Waals surface area contributed by atoms with Gasteiger partial charge in [-0.1, -0.05) is 133 Å². The Hall–Kier alpha value is -6.53. The molecule has 0 radical (unpaired) electrons. The van der Waals surface area contributed by atoms with Crippen molar-refractivity contribution >= 4 is 32.6 Å². The maximum Gasteiger partial charge on any atom is 0.164 e. The van der Waals surface area contributed by atoms with Crippen LogP contribution in [0.3, 0.4) is 0 Å². The predicted octanol–water partition coefficient (Wildman–Crippen LogP) is 9.58. The standard InChI is InChI=1S/C41H26N6/c1-4-12-27(13-5-1)33-18-10-11-19-34(33)41-43-39(30-14-6-2-7-15-30)42-40(44-41)31-23-21-28-20-22-29-24-25-36-38(37(29)35(28)26-31)46-47(45-36)32-16-8-3-9-17-32/h1-26H/i2D,6D,7D,14D,15D. The molecule has 2 aromatic heterocycles. The van der Waals surface area contributed by atoms with Crippen LogP contribution in [0.5, 0.6) is 0 Å². The molecule has 0 aliphatic rings. The van der Waals surface area contributed by atoms with Crippen molar-refractivity contribution in [2.75, 3.05) is 0 Å². The Morgan fingerprint density at radius 3 is 1.94 bits per heavy atom. The molecule has 0 N–H and O–H groups in total. The van der Waals surface area contributed by atoms with E-state index < -0.39 is 18.1 Å². The first-order chi connectivity index (χ1) is 25.4. The van der Waals surface area contributed by atoms with Crippen molar-refractivity contribution in [1.29, 1.82) is 0 Å². The molecule has 0 atom stereocenters. The maximum atomic E-state index is 8.75. The van der Waals surface area contributed by atoms with Crippen molar-refractivity contribution in [3.05, 3.63) is 158 Å². The molecular formula is C41H26N6. The topological polar surface area (TPSA) is 69.4 Å². The van der Waals surface area contributed by atoms with E-state index in [0.717, 1.165) is 49.4 Å². The normalized spacial score (nSPS) is 12.9. The largest absolute Gasteiger partial charge is 0.208 e. The van der Waals surface area contributed by atoms with Crippen LogP contribution in [0.2, 0.25) is 0 Å². The molecule has 0 aliphatic heterocycles. The first-order valence-electron chi connectivity index (χ1n) is 17.6. The van der Waals surface area contributed by atoms with Gasteiger partial charge in [0.05, 0.1) is 12.5 Å². The lowest BCUT2D eigenvalue weighted by Crippen LogP contribution is -2.01. The molecule has 0 unspecified atom stereocenters. The third-order valence-corrected chi connectivity index (χ3v) is 8.21. The summed E-state index contributed by atoms with van der Waals surface area (Å²) >= 11 is 0. The molecule has 0 saturated heterocycles. The Kier molecular flexibility index (Phi) is 5.22. The van der Waals surface area contributed by atoms with Crippen LogP contribution in [0.4, 0.5) is 0 Å². The number of aromatic nitrogens is 6. The van der Waals surface area contributed by atoms with E-state index in [0.29, 0.717) is 17.0 Å². The summed E-state index contributed by atoms with van der Waals surface area (Å²) in [6.45, 7) is 0.